The van der Waals surface area contributed by atoms with Gasteiger partial charge in [0.15, 0.2) is 6.61 Å². The van der Waals surface area contributed by atoms with Crippen molar-refractivity contribution in [2.75, 3.05) is 17.5 Å². The lowest BCUT2D eigenvalue weighted by atomic mass is 10.2. The second-order valence-electron chi connectivity index (χ2n) is 8.00. The molecule has 0 aliphatic carbocycles. The Morgan fingerprint density at radius 1 is 1.03 bits per heavy atom. The number of sulfonamides is 1. The molecular weight excluding hydrogens is 504 g/mol. The van der Waals surface area contributed by atoms with Crippen LogP contribution in [0.3, 0.4) is 0 Å². The summed E-state index contributed by atoms with van der Waals surface area (Å²) < 4.78 is 33.4. The van der Waals surface area contributed by atoms with Crippen molar-refractivity contribution in [2.24, 2.45) is 0 Å². The molecule has 0 saturated carbocycles. The van der Waals surface area contributed by atoms with Crippen molar-refractivity contribution in [3.8, 4) is 5.75 Å². The van der Waals surface area contributed by atoms with Crippen LogP contribution in [0.4, 0.5) is 5.69 Å². The third-order valence-electron chi connectivity index (χ3n) is 5.47. The summed E-state index contributed by atoms with van der Waals surface area (Å²) in [6, 6.07) is 18.1. The van der Waals surface area contributed by atoms with E-state index < -0.39 is 35.1 Å². The number of aryl methyl sites for hydroxylation is 1. The van der Waals surface area contributed by atoms with E-state index in [2.05, 4.69) is 5.32 Å². The number of carbonyl (C=O) groups excluding carboxylic acids is 1. The number of aliphatic carboxylic acids is 1. The summed E-state index contributed by atoms with van der Waals surface area (Å²) in [7, 11) is -4.08. The molecule has 0 saturated heterocycles. The summed E-state index contributed by atoms with van der Waals surface area (Å²) in [5.41, 5.74) is 2.49. The normalized spacial score (nSPS) is 11.1. The highest BCUT2D eigenvalue weighted by atomic mass is 35.5. The maximum atomic E-state index is 13.6. The minimum Gasteiger partial charge on any atom is -0.482 e. The van der Waals surface area contributed by atoms with Gasteiger partial charge in [0, 0.05) is 11.6 Å². The summed E-state index contributed by atoms with van der Waals surface area (Å²) in [6.45, 7) is 2.82. The lowest BCUT2D eigenvalue weighted by Gasteiger charge is -2.26. The predicted molar refractivity (Wildman–Crippen MR) is 138 cm³/mol. The Balaban J connectivity index is 1.83. The summed E-state index contributed by atoms with van der Waals surface area (Å²) in [5, 5.41) is 11.9. The van der Waals surface area contributed by atoms with Crippen LogP contribution >= 0.6 is 11.6 Å². The third-order valence-corrected chi connectivity index (χ3v) is 7.65. The van der Waals surface area contributed by atoms with Crippen LogP contribution in [-0.4, -0.2) is 38.6 Å². The van der Waals surface area contributed by atoms with E-state index in [-0.39, 0.29) is 11.4 Å². The van der Waals surface area contributed by atoms with Gasteiger partial charge in [0.1, 0.15) is 12.3 Å². The zero-order valence-electron chi connectivity index (χ0n) is 19.9. The topological polar surface area (TPSA) is 113 Å². The highest BCUT2D eigenvalue weighted by Crippen LogP contribution is 2.31. The highest BCUT2D eigenvalue weighted by Gasteiger charge is 2.28. The standard InChI is InChI=1S/C26H27ClN2O6S/c1-3-19-10-12-22(13-11-19)36(33,34)29(24-9-5-8-23(27)18(24)2)16-25(30)28-15-20-6-4-7-21(14-20)35-17-26(31)32/h4-14H,3,15-17H2,1-2H3,(H,28,30)(H,31,32). The van der Waals surface area contributed by atoms with Gasteiger partial charge in [-0.2, -0.15) is 0 Å². The van der Waals surface area contributed by atoms with Crippen LogP contribution in [0.5, 0.6) is 5.75 Å². The van der Waals surface area contributed by atoms with Gasteiger partial charge in [-0.05, 0) is 66.4 Å². The van der Waals surface area contributed by atoms with Crippen LogP contribution in [0.1, 0.15) is 23.6 Å². The Hall–Kier alpha value is -3.56. The molecule has 0 radical (unpaired) electrons. The van der Waals surface area contributed by atoms with Gasteiger partial charge in [-0.1, -0.05) is 48.9 Å². The molecule has 0 aliphatic rings. The molecule has 0 bridgehead atoms. The molecule has 3 aromatic carbocycles. The van der Waals surface area contributed by atoms with Crippen molar-refractivity contribution >= 4 is 39.2 Å². The summed E-state index contributed by atoms with van der Waals surface area (Å²) in [4.78, 5) is 23.7. The number of halogens is 1. The minimum atomic E-state index is -4.08. The summed E-state index contributed by atoms with van der Waals surface area (Å²) in [6.07, 6.45) is 0.766. The van der Waals surface area contributed by atoms with Crippen LogP contribution in [-0.2, 0) is 32.6 Å². The van der Waals surface area contributed by atoms with Gasteiger partial charge in [0.2, 0.25) is 5.91 Å². The molecule has 0 unspecified atom stereocenters. The van der Waals surface area contributed by atoms with E-state index >= 15 is 0 Å². The molecule has 0 spiro atoms. The smallest absolute Gasteiger partial charge is 0.341 e. The van der Waals surface area contributed by atoms with E-state index in [0.29, 0.717) is 27.6 Å². The van der Waals surface area contributed by atoms with Gasteiger partial charge < -0.3 is 15.2 Å². The zero-order valence-corrected chi connectivity index (χ0v) is 21.5. The Kier molecular flexibility index (Phi) is 8.95. The number of rotatable bonds is 11. The molecule has 0 aromatic heterocycles. The highest BCUT2D eigenvalue weighted by molar-refractivity contribution is 7.92. The molecular formula is C26H27ClN2O6S. The second kappa shape index (κ2) is 11.9. The lowest BCUT2D eigenvalue weighted by molar-refractivity contribution is -0.139. The fraction of sp³-hybridized carbons (Fsp3) is 0.231. The molecule has 36 heavy (non-hydrogen) atoms. The average molecular weight is 531 g/mol. The molecule has 0 aliphatic heterocycles. The number of benzene rings is 3. The Morgan fingerprint density at radius 2 is 1.72 bits per heavy atom. The lowest BCUT2D eigenvalue weighted by Crippen LogP contribution is -2.41. The molecule has 190 valence electrons. The fourth-order valence-electron chi connectivity index (χ4n) is 3.47. The molecule has 0 heterocycles. The molecule has 1 amide bonds. The minimum absolute atomic E-state index is 0.0650. The molecule has 10 heteroatoms. The van der Waals surface area contributed by atoms with E-state index in [1.807, 2.05) is 6.92 Å². The second-order valence-corrected chi connectivity index (χ2v) is 10.3. The predicted octanol–water partition coefficient (Wildman–Crippen LogP) is 4.19. The van der Waals surface area contributed by atoms with Gasteiger partial charge >= 0.3 is 5.97 Å². The van der Waals surface area contributed by atoms with Crippen LogP contribution in [0.25, 0.3) is 0 Å². The first-order valence-corrected chi connectivity index (χ1v) is 13.0. The molecule has 8 nitrogen and oxygen atoms in total. The van der Waals surface area contributed by atoms with Crippen LogP contribution in [0.2, 0.25) is 5.02 Å². The number of nitrogens with zero attached hydrogens (tertiary/aromatic N) is 1. The number of amides is 1. The van der Waals surface area contributed by atoms with Gasteiger partial charge in [-0.25, -0.2) is 13.2 Å². The van der Waals surface area contributed by atoms with Crippen molar-refractivity contribution < 1.29 is 27.9 Å². The maximum Gasteiger partial charge on any atom is 0.341 e. The van der Waals surface area contributed by atoms with Gasteiger partial charge in [-0.3, -0.25) is 9.10 Å². The van der Waals surface area contributed by atoms with Gasteiger partial charge in [0.05, 0.1) is 10.6 Å². The molecule has 2 N–H and O–H groups in total. The maximum absolute atomic E-state index is 13.6. The quantitative estimate of drug-likeness (QED) is 0.384. The van der Waals surface area contributed by atoms with E-state index in [1.165, 1.54) is 12.1 Å². The molecule has 3 rings (SSSR count). The number of hydrogen-bond acceptors (Lipinski definition) is 5. The Morgan fingerprint density at radius 3 is 2.39 bits per heavy atom. The average Bonchev–Trinajstić information content (AvgIpc) is 2.87. The van der Waals surface area contributed by atoms with E-state index in [9.17, 15) is 18.0 Å². The number of carboxylic acid groups (broad SMARTS) is 1. The fourth-order valence-corrected chi connectivity index (χ4v) is 5.12. The van der Waals surface area contributed by atoms with Gasteiger partial charge in [-0.15, -0.1) is 0 Å². The SMILES string of the molecule is CCc1ccc(S(=O)(=O)N(CC(=O)NCc2cccc(OCC(=O)O)c2)c2cccc(Cl)c2C)cc1. The number of ether oxygens (including phenoxy) is 1. The van der Waals surface area contributed by atoms with Crippen molar-refractivity contribution in [3.05, 3.63) is 88.4 Å². The Labute approximate surface area is 215 Å². The van der Waals surface area contributed by atoms with Crippen molar-refractivity contribution in [2.45, 2.75) is 31.7 Å². The summed E-state index contributed by atoms with van der Waals surface area (Å²) >= 11 is 6.26. The number of nitrogens with one attached hydrogen (secondary N) is 1. The number of carbonyl (C=O) groups is 2. The Bertz CT molecular complexity index is 1340. The van der Waals surface area contributed by atoms with Crippen molar-refractivity contribution in [1.82, 2.24) is 5.32 Å². The number of hydrogen-bond donors (Lipinski definition) is 2. The number of anilines is 1. The largest absolute Gasteiger partial charge is 0.482 e. The van der Waals surface area contributed by atoms with E-state index in [0.717, 1.165) is 16.3 Å². The first-order valence-electron chi connectivity index (χ1n) is 11.2. The summed E-state index contributed by atoms with van der Waals surface area (Å²) in [5.74, 6) is -1.28. The van der Waals surface area contributed by atoms with Crippen molar-refractivity contribution in [1.29, 1.82) is 0 Å². The number of carboxylic acids is 1. The molecule has 0 atom stereocenters. The van der Waals surface area contributed by atoms with Crippen LogP contribution < -0.4 is 14.4 Å². The van der Waals surface area contributed by atoms with Gasteiger partial charge in [0.25, 0.3) is 10.0 Å². The van der Waals surface area contributed by atoms with Crippen LogP contribution in [0, 0.1) is 6.92 Å². The first-order chi connectivity index (χ1) is 17.1. The zero-order chi connectivity index (χ0) is 26.3. The third kappa shape index (κ3) is 6.77. The molecule has 0 fully saturated rings. The van der Waals surface area contributed by atoms with E-state index in [1.54, 1.807) is 61.5 Å². The van der Waals surface area contributed by atoms with Crippen LogP contribution in [0.15, 0.2) is 71.6 Å². The van der Waals surface area contributed by atoms with Crippen molar-refractivity contribution in [3.63, 3.8) is 0 Å². The van der Waals surface area contributed by atoms with E-state index in [4.69, 9.17) is 21.4 Å². The first kappa shape index (κ1) is 27.0. The monoisotopic (exact) mass is 530 g/mol. The molecule has 3 aromatic rings.